The lowest BCUT2D eigenvalue weighted by Crippen LogP contribution is -0.382. The maximum atomic E-state index is 0. The third-order valence-electron chi connectivity index (χ3n) is 0. The van der Waals surface area contributed by atoms with E-state index in [1.165, 1.54) is 0 Å². The van der Waals surface area contributed by atoms with E-state index in [1.807, 2.05) is 0 Å². The van der Waals surface area contributed by atoms with E-state index >= 15 is 0 Å². The molecule has 0 unspecified atom stereocenters. The predicted octanol–water partition coefficient (Wildman–Crippen LogP) is -7.93. The molecule has 0 aromatic heterocycles. The molecule has 0 saturated heterocycles. The highest BCUT2D eigenvalue weighted by Crippen LogP contribution is -0.289. The van der Waals surface area contributed by atoms with Crippen molar-refractivity contribution in [3.8, 4) is 0 Å². The molecule has 1 nitrogen and oxygen atoms in total. The number of hydrogen-bond donors (Lipinski definition) is 0. The minimum absolute atomic E-state index is 0. The molecule has 2 N–H and O–H groups in total. The minimum Gasteiger partial charge on any atom is -0.412 e. The molecule has 0 atom stereocenters. The van der Waals surface area contributed by atoms with E-state index in [0.717, 1.165) is 0 Å². The average Bonchev–Trinajstić information content (AvgIpc) is 0. The van der Waals surface area contributed by atoms with Gasteiger partial charge in [-0.15, -0.1) is 0 Å². The van der Waals surface area contributed by atoms with Gasteiger partial charge in [0.15, 0.2) is 0 Å². The van der Waals surface area contributed by atoms with Crippen molar-refractivity contribution < 1.29 is 5.48 Å². The quantitative estimate of drug-likeness (QED) is 0.271. The van der Waals surface area contributed by atoms with E-state index < -0.39 is 0 Å². The zero-order valence-electron chi connectivity index (χ0n) is 0.500. The topological polar surface area (TPSA) is 31.5 Å². The van der Waals surface area contributed by atoms with Crippen molar-refractivity contribution in [1.82, 2.24) is 0 Å². The Bertz CT molecular complexity index is 4.14. The maximum absolute atomic E-state index is 0. The van der Waals surface area contributed by atoms with Gasteiger partial charge in [-0.05, 0) is 0 Å². The van der Waals surface area contributed by atoms with Crippen LogP contribution in [0.5, 0.6) is 0 Å². The van der Waals surface area contributed by atoms with Crippen molar-refractivity contribution in [2.45, 2.75) is 0 Å². The van der Waals surface area contributed by atoms with E-state index in [1.54, 1.807) is 0 Å². The van der Waals surface area contributed by atoms with Crippen LogP contribution in [0.1, 0.15) is 0 Å². The molecule has 7 heavy (non-hydrogen) atoms. The van der Waals surface area contributed by atoms with Crippen molar-refractivity contribution in [3.05, 3.63) is 0 Å². The number of rotatable bonds is 0. The van der Waals surface area contributed by atoms with Crippen LogP contribution in [-0.2, 0) is 0 Å². The second-order valence-corrected chi connectivity index (χ2v) is 0. The van der Waals surface area contributed by atoms with Gasteiger partial charge in [0.05, 0.1) is 50.5 Å². The molecule has 44 valence electrons. The minimum atomic E-state index is 0. The van der Waals surface area contributed by atoms with Gasteiger partial charge in [-0.1, -0.05) is 0 Å². The summed E-state index contributed by atoms with van der Waals surface area (Å²) in [7, 11) is 0. The summed E-state index contributed by atoms with van der Waals surface area (Å²) < 4.78 is 0. The molecule has 0 aromatic rings. The van der Waals surface area contributed by atoms with Crippen molar-refractivity contribution in [1.29, 1.82) is 0 Å². The molecule has 0 aliphatic carbocycles. The van der Waals surface area contributed by atoms with Crippen LogP contribution in [0.15, 0.2) is 0 Å². The van der Waals surface area contributed by atoms with Gasteiger partial charge in [-0.3, -0.25) is 0 Å². The molecule has 0 bridgehead atoms. The van der Waals surface area contributed by atoms with Gasteiger partial charge in [0.25, 0.3) is 0 Å². The van der Waals surface area contributed by atoms with Crippen LogP contribution >= 0.6 is 0 Å². The molecular formula is H20B6O. The standard InChI is InChI=1S/6BH3.H2O/h6*1H3;1H2. The molecule has 0 spiro atoms. The van der Waals surface area contributed by atoms with E-state index in [0.29, 0.717) is 0 Å². The Morgan fingerprint density at radius 2 is 0.286 bits per heavy atom. The molecule has 0 rings (SSSR count). The summed E-state index contributed by atoms with van der Waals surface area (Å²) in [5, 5.41) is 0. The van der Waals surface area contributed by atoms with Gasteiger partial charge in [0.1, 0.15) is 0 Å². The van der Waals surface area contributed by atoms with Gasteiger partial charge in [0, 0.05) is 0 Å². The van der Waals surface area contributed by atoms with Crippen molar-refractivity contribution >= 4 is 50.5 Å². The van der Waals surface area contributed by atoms with Crippen LogP contribution in [0.2, 0.25) is 0 Å². The second-order valence-electron chi connectivity index (χ2n) is 0. The molecule has 0 amide bonds. The largest absolute Gasteiger partial charge is 0.412 e. The monoisotopic (exact) mass is 102 g/mol. The molecule has 0 aliphatic rings. The van der Waals surface area contributed by atoms with Gasteiger partial charge in [0.2, 0.25) is 0 Å². The Kier molecular flexibility index (Phi) is 515000. The van der Waals surface area contributed by atoms with Gasteiger partial charge >= 0.3 is 0 Å². The summed E-state index contributed by atoms with van der Waals surface area (Å²) in [5.74, 6) is 0. The fourth-order valence-electron chi connectivity index (χ4n) is 0. The van der Waals surface area contributed by atoms with Gasteiger partial charge in [-0.25, -0.2) is 0 Å². The second kappa shape index (κ2) is 1490. The smallest absolute Gasteiger partial charge is 0.0814 e. The summed E-state index contributed by atoms with van der Waals surface area (Å²) in [6.07, 6.45) is 0. The zero-order chi connectivity index (χ0) is 0. The zero-order valence-corrected chi connectivity index (χ0v) is 0.500. The van der Waals surface area contributed by atoms with Crippen LogP contribution in [0.3, 0.4) is 0 Å². The predicted molar refractivity (Wildman–Crippen MR) is 63.2 cm³/mol. The van der Waals surface area contributed by atoms with Gasteiger partial charge in [-0.2, -0.15) is 0 Å². The van der Waals surface area contributed by atoms with Crippen LogP contribution in [-0.4, -0.2) is 56.0 Å². The van der Waals surface area contributed by atoms with Crippen molar-refractivity contribution in [2.24, 2.45) is 0 Å². The first-order valence-corrected chi connectivity index (χ1v) is 0. The molecule has 0 aromatic carbocycles. The van der Waals surface area contributed by atoms with Crippen LogP contribution in [0.4, 0.5) is 0 Å². The first-order valence-electron chi connectivity index (χ1n) is 0. The molecule has 7 heteroatoms. The Morgan fingerprint density at radius 1 is 0.286 bits per heavy atom. The van der Waals surface area contributed by atoms with Crippen molar-refractivity contribution in [2.75, 3.05) is 0 Å². The van der Waals surface area contributed by atoms with Crippen LogP contribution in [0.25, 0.3) is 0 Å². The molecule has 0 heterocycles. The Balaban J connectivity index is 0. The Labute approximate surface area is 56.8 Å². The molecular weight excluding hydrogens is 80.9 g/mol. The Hall–Kier alpha value is 0.350. The lowest BCUT2D eigenvalue weighted by Gasteiger charge is -0.412. The highest BCUT2D eigenvalue weighted by molar-refractivity contribution is 5.76. The number of hydrogen-bond acceptors (Lipinski definition) is 0. The third-order valence-corrected chi connectivity index (χ3v) is 0. The fourth-order valence-corrected chi connectivity index (χ4v) is 0. The van der Waals surface area contributed by atoms with Crippen LogP contribution in [0, 0.1) is 0 Å². The van der Waals surface area contributed by atoms with E-state index in [-0.39, 0.29) is 56.0 Å². The van der Waals surface area contributed by atoms with Crippen molar-refractivity contribution in [3.63, 3.8) is 0 Å². The first-order chi connectivity index (χ1) is 0. The summed E-state index contributed by atoms with van der Waals surface area (Å²) in [6, 6.07) is 0. The van der Waals surface area contributed by atoms with E-state index in [2.05, 4.69) is 0 Å². The highest BCUT2D eigenvalue weighted by Gasteiger charge is 0.0864. The highest BCUT2D eigenvalue weighted by atomic mass is 16.0. The molecule has 0 fully saturated rings. The molecule has 0 radical (unpaired) electrons. The first kappa shape index (κ1) is 2420. The van der Waals surface area contributed by atoms with Gasteiger partial charge < -0.3 is 5.48 Å². The lowest BCUT2D eigenvalue weighted by molar-refractivity contribution is 0.824. The van der Waals surface area contributed by atoms with E-state index in [9.17, 15) is 0 Å². The van der Waals surface area contributed by atoms with Crippen LogP contribution < -0.4 is 0 Å². The molecule has 0 aliphatic heterocycles. The lowest BCUT2D eigenvalue weighted by atomic mass is 10.8. The third kappa shape index (κ3) is 983. The average molecular weight is 101 g/mol. The normalized spacial score (nSPS) is 0. The maximum Gasteiger partial charge on any atom is 0.0814 e. The summed E-state index contributed by atoms with van der Waals surface area (Å²) in [6.45, 7) is 0. The summed E-state index contributed by atoms with van der Waals surface area (Å²) in [5.41, 5.74) is 0. The Morgan fingerprint density at radius 3 is 0.286 bits per heavy atom. The summed E-state index contributed by atoms with van der Waals surface area (Å²) >= 11 is 0. The SMILES string of the molecule is B.B.B.B.B.B.O. The summed E-state index contributed by atoms with van der Waals surface area (Å²) in [4.78, 5) is 0. The molecule has 0 saturated carbocycles. The van der Waals surface area contributed by atoms with E-state index in [4.69, 9.17) is 0 Å². The fraction of sp³-hybridized carbons (Fsp3) is 0.